The van der Waals surface area contributed by atoms with Crippen LogP contribution >= 0.6 is 0 Å². The van der Waals surface area contributed by atoms with Crippen LogP contribution < -0.4 is 5.32 Å². The third-order valence-corrected chi connectivity index (χ3v) is 3.01. The maximum atomic E-state index is 12.0. The summed E-state index contributed by atoms with van der Waals surface area (Å²) in [7, 11) is 0. The summed E-state index contributed by atoms with van der Waals surface area (Å²) in [4.78, 5) is 12.0. The van der Waals surface area contributed by atoms with Crippen molar-refractivity contribution in [1.82, 2.24) is 15.1 Å². The molecule has 0 aliphatic rings. The van der Waals surface area contributed by atoms with Gasteiger partial charge in [-0.1, -0.05) is 30.3 Å². The van der Waals surface area contributed by atoms with Crippen LogP contribution in [0.2, 0.25) is 0 Å². The maximum Gasteiger partial charge on any atom is 0.242 e. The minimum atomic E-state index is -0.786. The van der Waals surface area contributed by atoms with Crippen LogP contribution in [0.15, 0.2) is 48.8 Å². The molecule has 0 saturated heterocycles. The summed E-state index contributed by atoms with van der Waals surface area (Å²) in [6.45, 7) is 1.76. The fraction of sp³-hybridized carbons (Fsp3) is 0.286. The number of nitrogens with one attached hydrogen (secondary N) is 1. The number of hydrogen-bond donors (Lipinski definition) is 2. The summed E-state index contributed by atoms with van der Waals surface area (Å²) in [5, 5.41) is 16.4. The summed E-state index contributed by atoms with van der Waals surface area (Å²) in [5.74, 6) is -0.191. The van der Waals surface area contributed by atoms with Gasteiger partial charge in [0, 0.05) is 12.4 Å². The first-order chi connectivity index (χ1) is 9.14. The van der Waals surface area contributed by atoms with Crippen LogP contribution in [0.5, 0.6) is 0 Å². The highest BCUT2D eigenvalue weighted by molar-refractivity contribution is 5.76. The highest BCUT2D eigenvalue weighted by Crippen LogP contribution is 2.19. The van der Waals surface area contributed by atoms with Gasteiger partial charge in [0.15, 0.2) is 0 Å². The van der Waals surface area contributed by atoms with E-state index in [9.17, 15) is 9.90 Å². The van der Waals surface area contributed by atoms with E-state index in [2.05, 4.69) is 10.4 Å². The van der Waals surface area contributed by atoms with E-state index in [-0.39, 0.29) is 19.1 Å². The Bertz CT molecular complexity index is 525. The molecule has 0 spiro atoms. The molecule has 0 saturated carbocycles. The van der Waals surface area contributed by atoms with Crippen molar-refractivity contribution in [2.45, 2.75) is 19.0 Å². The molecule has 2 N–H and O–H groups in total. The number of nitrogens with zero attached hydrogens (tertiary/aromatic N) is 2. The van der Waals surface area contributed by atoms with E-state index in [1.807, 2.05) is 30.3 Å². The molecule has 5 heteroatoms. The molecule has 0 aliphatic heterocycles. The highest BCUT2D eigenvalue weighted by Gasteiger charge is 2.27. The Balaban J connectivity index is 2.08. The quantitative estimate of drug-likeness (QED) is 0.838. The molecule has 0 bridgehead atoms. The predicted octanol–water partition coefficient (Wildman–Crippen LogP) is 0.907. The van der Waals surface area contributed by atoms with Crippen molar-refractivity contribution in [2.24, 2.45) is 0 Å². The number of hydrogen-bond acceptors (Lipinski definition) is 3. The molecule has 1 heterocycles. The van der Waals surface area contributed by atoms with E-state index in [1.165, 1.54) is 4.68 Å². The molecule has 2 aromatic rings. The van der Waals surface area contributed by atoms with Crippen LogP contribution in [-0.2, 0) is 16.9 Å². The van der Waals surface area contributed by atoms with Crippen LogP contribution in [0.3, 0.4) is 0 Å². The molecule has 0 radical (unpaired) electrons. The SMILES string of the molecule is CC(CO)(NC(=O)Cn1cccn1)c1ccccc1. The number of aromatic nitrogens is 2. The summed E-state index contributed by atoms with van der Waals surface area (Å²) < 4.78 is 1.54. The number of aliphatic hydroxyl groups excluding tert-OH is 1. The molecule has 1 amide bonds. The van der Waals surface area contributed by atoms with Crippen LogP contribution in [-0.4, -0.2) is 27.4 Å². The molecule has 0 aliphatic carbocycles. The van der Waals surface area contributed by atoms with Crippen molar-refractivity contribution in [1.29, 1.82) is 0 Å². The molecule has 0 fully saturated rings. The van der Waals surface area contributed by atoms with Crippen molar-refractivity contribution in [3.63, 3.8) is 0 Å². The van der Waals surface area contributed by atoms with Gasteiger partial charge in [-0.3, -0.25) is 9.48 Å². The lowest BCUT2D eigenvalue weighted by Gasteiger charge is -2.29. The number of aliphatic hydroxyl groups is 1. The van der Waals surface area contributed by atoms with Crippen molar-refractivity contribution >= 4 is 5.91 Å². The van der Waals surface area contributed by atoms with Gasteiger partial charge in [-0.25, -0.2) is 0 Å². The number of amides is 1. The van der Waals surface area contributed by atoms with Crippen LogP contribution in [0.1, 0.15) is 12.5 Å². The standard InChI is InChI=1S/C14H17N3O2/c1-14(11-18,12-6-3-2-4-7-12)16-13(19)10-17-9-5-8-15-17/h2-9,18H,10-11H2,1H3,(H,16,19). The normalized spacial score (nSPS) is 13.8. The topological polar surface area (TPSA) is 67.2 Å². The zero-order valence-electron chi connectivity index (χ0n) is 10.8. The van der Waals surface area contributed by atoms with Gasteiger partial charge in [0.1, 0.15) is 6.54 Å². The molecule has 1 unspecified atom stereocenters. The Hall–Kier alpha value is -2.14. The molecule has 100 valence electrons. The maximum absolute atomic E-state index is 12.0. The summed E-state index contributed by atoms with van der Waals surface area (Å²) in [6.07, 6.45) is 3.34. The average molecular weight is 259 g/mol. The first-order valence-electron chi connectivity index (χ1n) is 6.09. The predicted molar refractivity (Wildman–Crippen MR) is 71.2 cm³/mol. The van der Waals surface area contributed by atoms with Gasteiger partial charge in [-0.2, -0.15) is 5.10 Å². The van der Waals surface area contributed by atoms with Gasteiger partial charge in [0.2, 0.25) is 5.91 Å². The molecule has 1 aromatic heterocycles. The minimum absolute atomic E-state index is 0.134. The van der Waals surface area contributed by atoms with E-state index >= 15 is 0 Å². The second-order valence-electron chi connectivity index (χ2n) is 4.61. The van der Waals surface area contributed by atoms with Crippen LogP contribution in [0.25, 0.3) is 0 Å². The van der Waals surface area contributed by atoms with Gasteiger partial charge >= 0.3 is 0 Å². The van der Waals surface area contributed by atoms with E-state index in [0.29, 0.717) is 0 Å². The van der Waals surface area contributed by atoms with Gasteiger partial charge in [0.25, 0.3) is 0 Å². The Morgan fingerprint density at radius 1 is 1.37 bits per heavy atom. The van der Waals surface area contributed by atoms with Crippen LogP contribution in [0.4, 0.5) is 0 Å². The third-order valence-electron chi connectivity index (χ3n) is 3.01. The van der Waals surface area contributed by atoms with Crippen LogP contribution in [0, 0.1) is 0 Å². The molecule has 19 heavy (non-hydrogen) atoms. The lowest BCUT2D eigenvalue weighted by atomic mass is 9.93. The molecular weight excluding hydrogens is 242 g/mol. The zero-order valence-corrected chi connectivity index (χ0v) is 10.8. The second kappa shape index (κ2) is 5.67. The van der Waals surface area contributed by atoms with Crippen molar-refractivity contribution < 1.29 is 9.90 Å². The smallest absolute Gasteiger partial charge is 0.242 e. The van der Waals surface area contributed by atoms with Gasteiger partial charge in [-0.05, 0) is 18.6 Å². The largest absolute Gasteiger partial charge is 0.394 e. The second-order valence-corrected chi connectivity index (χ2v) is 4.61. The fourth-order valence-electron chi connectivity index (χ4n) is 1.90. The monoisotopic (exact) mass is 259 g/mol. The highest BCUT2D eigenvalue weighted by atomic mass is 16.3. The average Bonchev–Trinajstić information content (AvgIpc) is 2.92. The van der Waals surface area contributed by atoms with Crippen molar-refractivity contribution in [2.75, 3.05) is 6.61 Å². The Labute approximate surface area is 111 Å². The molecule has 1 aromatic carbocycles. The zero-order chi connectivity index (χ0) is 13.7. The lowest BCUT2D eigenvalue weighted by molar-refractivity contribution is -0.124. The summed E-state index contributed by atoms with van der Waals surface area (Å²) in [5.41, 5.74) is 0.0807. The molecule has 2 rings (SSSR count). The Morgan fingerprint density at radius 2 is 2.11 bits per heavy atom. The van der Waals surface area contributed by atoms with E-state index in [1.54, 1.807) is 25.4 Å². The van der Waals surface area contributed by atoms with E-state index in [0.717, 1.165) is 5.56 Å². The Kier molecular flexibility index (Phi) is 3.97. The fourth-order valence-corrected chi connectivity index (χ4v) is 1.90. The van der Waals surface area contributed by atoms with Crippen molar-refractivity contribution in [3.05, 3.63) is 54.4 Å². The van der Waals surface area contributed by atoms with Gasteiger partial charge in [0.05, 0.1) is 12.1 Å². The van der Waals surface area contributed by atoms with Crippen molar-refractivity contribution in [3.8, 4) is 0 Å². The number of carbonyl (C=O) groups excluding carboxylic acids is 1. The van der Waals surface area contributed by atoms with E-state index in [4.69, 9.17) is 0 Å². The number of carbonyl (C=O) groups is 1. The number of rotatable bonds is 5. The molecular formula is C14H17N3O2. The lowest BCUT2D eigenvalue weighted by Crippen LogP contribution is -2.47. The first-order valence-corrected chi connectivity index (χ1v) is 6.09. The summed E-state index contributed by atoms with van der Waals surface area (Å²) in [6, 6.07) is 11.2. The third kappa shape index (κ3) is 3.20. The Morgan fingerprint density at radius 3 is 2.68 bits per heavy atom. The molecule has 5 nitrogen and oxygen atoms in total. The van der Waals surface area contributed by atoms with Gasteiger partial charge < -0.3 is 10.4 Å². The van der Waals surface area contributed by atoms with Gasteiger partial charge in [-0.15, -0.1) is 0 Å². The summed E-state index contributed by atoms with van der Waals surface area (Å²) >= 11 is 0. The molecule has 1 atom stereocenters. The van der Waals surface area contributed by atoms with E-state index < -0.39 is 5.54 Å². The number of benzene rings is 1. The first kappa shape index (κ1) is 13.3. The minimum Gasteiger partial charge on any atom is -0.394 e.